The standard InChI is InChI=1S/C23H27ClN6O4/c1-11(14-8-13-9-15(24)17(33-7)10-16(13)28-18(14)31)25-19-26-12(2)27-20(29-19)30-21(32)34-23(5,6)22(30,3)4/h8-11H,1-7H3,(H,28,31)(H,25,26,27,29)/t11-/m0/s1. The van der Waals surface area contributed by atoms with Crippen LogP contribution in [0.2, 0.25) is 5.02 Å². The van der Waals surface area contributed by atoms with Gasteiger partial charge in [0.25, 0.3) is 5.56 Å². The second-order valence-corrected chi connectivity index (χ2v) is 9.68. The van der Waals surface area contributed by atoms with Crippen molar-refractivity contribution in [3.8, 4) is 5.75 Å². The van der Waals surface area contributed by atoms with Crippen LogP contribution in [0.5, 0.6) is 5.75 Å². The normalized spacial score (nSPS) is 17.5. The number of hydrogen-bond acceptors (Lipinski definition) is 8. The van der Waals surface area contributed by atoms with Crippen LogP contribution in [-0.2, 0) is 4.74 Å². The van der Waals surface area contributed by atoms with Crippen LogP contribution in [0.4, 0.5) is 16.7 Å². The summed E-state index contributed by atoms with van der Waals surface area (Å²) < 4.78 is 10.8. The molecule has 0 radical (unpaired) electrons. The fourth-order valence-electron chi connectivity index (χ4n) is 3.82. The van der Waals surface area contributed by atoms with Crippen molar-refractivity contribution in [1.29, 1.82) is 0 Å². The van der Waals surface area contributed by atoms with Gasteiger partial charge < -0.3 is 19.8 Å². The van der Waals surface area contributed by atoms with E-state index in [1.165, 1.54) is 12.0 Å². The molecule has 1 atom stereocenters. The Labute approximate surface area is 201 Å². The lowest BCUT2D eigenvalue weighted by Crippen LogP contribution is -2.52. The third kappa shape index (κ3) is 3.91. The van der Waals surface area contributed by atoms with Crippen molar-refractivity contribution in [2.75, 3.05) is 17.3 Å². The van der Waals surface area contributed by atoms with E-state index in [4.69, 9.17) is 21.1 Å². The fourth-order valence-corrected chi connectivity index (χ4v) is 4.07. The molecule has 0 unspecified atom stereocenters. The number of anilines is 2. The summed E-state index contributed by atoms with van der Waals surface area (Å²) in [7, 11) is 1.51. The number of aryl methyl sites for hydroxylation is 1. The highest BCUT2D eigenvalue weighted by Crippen LogP contribution is 2.40. The number of H-pyrrole nitrogens is 1. The van der Waals surface area contributed by atoms with Gasteiger partial charge in [0.1, 0.15) is 17.2 Å². The molecule has 180 valence electrons. The van der Waals surface area contributed by atoms with E-state index in [2.05, 4.69) is 25.3 Å². The molecule has 1 aliphatic heterocycles. The van der Waals surface area contributed by atoms with Crippen molar-refractivity contribution in [2.45, 2.75) is 58.7 Å². The van der Waals surface area contributed by atoms with Crippen LogP contribution in [0.1, 0.15) is 52.0 Å². The summed E-state index contributed by atoms with van der Waals surface area (Å²) in [6.07, 6.45) is -0.530. The Morgan fingerprint density at radius 1 is 1.15 bits per heavy atom. The van der Waals surface area contributed by atoms with Crippen LogP contribution in [-0.4, -0.2) is 44.3 Å². The maximum atomic E-state index is 12.8. The zero-order chi connectivity index (χ0) is 25.0. The number of methoxy groups -OCH3 is 1. The van der Waals surface area contributed by atoms with Crippen LogP contribution in [0.15, 0.2) is 23.0 Å². The van der Waals surface area contributed by atoms with E-state index >= 15 is 0 Å². The summed E-state index contributed by atoms with van der Waals surface area (Å²) >= 11 is 6.25. The van der Waals surface area contributed by atoms with Gasteiger partial charge in [0, 0.05) is 17.0 Å². The van der Waals surface area contributed by atoms with Crippen LogP contribution < -0.4 is 20.5 Å². The molecular weight excluding hydrogens is 460 g/mol. The number of carbonyl (C=O) groups excluding carboxylic acids is 1. The molecule has 1 saturated heterocycles. The Bertz CT molecular complexity index is 1350. The zero-order valence-electron chi connectivity index (χ0n) is 20.1. The molecule has 0 spiro atoms. The van der Waals surface area contributed by atoms with Crippen molar-refractivity contribution in [2.24, 2.45) is 0 Å². The van der Waals surface area contributed by atoms with Crippen molar-refractivity contribution >= 4 is 40.5 Å². The molecular formula is C23H27ClN6O4. The van der Waals surface area contributed by atoms with Gasteiger partial charge in [-0.3, -0.25) is 4.79 Å². The van der Waals surface area contributed by atoms with E-state index in [-0.39, 0.29) is 17.5 Å². The first-order chi connectivity index (χ1) is 15.8. The Hall–Kier alpha value is -3.40. The monoisotopic (exact) mass is 486 g/mol. The van der Waals surface area contributed by atoms with Crippen molar-refractivity contribution in [3.63, 3.8) is 0 Å². The molecule has 1 aromatic carbocycles. The van der Waals surface area contributed by atoms with Gasteiger partial charge in [-0.05, 0) is 53.7 Å². The number of amides is 1. The third-order valence-electron chi connectivity index (χ3n) is 6.45. The number of ether oxygens (including phenoxy) is 2. The molecule has 3 heterocycles. The number of rotatable bonds is 5. The van der Waals surface area contributed by atoms with Crippen LogP contribution in [0, 0.1) is 6.92 Å². The van der Waals surface area contributed by atoms with Gasteiger partial charge in [-0.2, -0.15) is 15.0 Å². The summed E-state index contributed by atoms with van der Waals surface area (Å²) in [5.41, 5.74) is -0.632. The van der Waals surface area contributed by atoms with E-state index in [1.54, 1.807) is 25.1 Å². The average Bonchev–Trinajstić information content (AvgIpc) is 2.88. The molecule has 1 fully saturated rings. The Morgan fingerprint density at radius 3 is 2.47 bits per heavy atom. The van der Waals surface area contributed by atoms with Crippen LogP contribution in [0.3, 0.4) is 0 Å². The number of carbonyl (C=O) groups is 1. The minimum atomic E-state index is -0.742. The SMILES string of the molecule is COc1cc2[nH]c(=O)c([C@H](C)Nc3nc(C)nc(N4C(=O)OC(C)(C)C4(C)C)n3)cc2cc1Cl. The molecule has 0 bridgehead atoms. The highest BCUT2D eigenvalue weighted by molar-refractivity contribution is 6.32. The predicted molar refractivity (Wildman–Crippen MR) is 130 cm³/mol. The first-order valence-electron chi connectivity index (χ1n) is 10.8. The molecule has 4 rings (SSSR count). The summed E-state index contributed by atoms with van der Waals surface area (Å²) in [5.74, 6) is 1.30. The van der Waals surface area contributed by atoms with E-state index in [1.807, 2.05) is 34.6 Å². The zero-order valence-corrected chi connectivity index (χ0v) is 20.9. The fraction of sp³-hybridized carbons (Fsp3) is 0.435. The number of hydrogen-bond donors (Lipinski definition) is 2. The van der Waals surface area contributed by atoms with E-state index in [0.29, 0.717) is 27.7 Å². The van der Waals surface area contributed by atoms with Gasteiger partial charge >= 0.3 is 6.09 Å². The van der Waals surface area contributed by atoms with Crippen molar-refractivity contribution in [3.05, 3.63) is 45.0 Å². The number of halogens is 1. The number of aromatic nitrogens is 4. The number of nitrogens with zero attached hydrogens (tertiary/aromatic N) is 4. The molecule has 10 nitrogen and oxygen atoms in total. The summed E-state index contributed by atoms with van der Waals surface area (Å²) in [6, 6.07) is 4.71. The predicted octanol–water partition coefficient (Wildman–Crippen LogP) is 4.37. The van der Waals surface area contributed by atoms with Crippen molar-refractivity contribution in [1.82, 2.24) is 19.9 Å². The highest BCUT2D eigenvalue weighted by atomic mass is 35.5. The number of fused-ring (bicyclic) bond motifs is 1. The van der Waals surface area contributed by atoms with E-state index < -0.39 is 23.3 Å². The van der Waals surface area contributed by atoms with Gasteiger partial charge in [0.15, 0.2) is 0 Å². The summed E-state index contributed by atoms with van der Waals surface area (Å²) in [4.78, 5) is 42.9. The molecule has 34 heavy (non-hydrogen) atoms. The summed E-state index contributed by atoms with van der Waals surface area (Å²) in [6.45, 7) is 11.0. The maximum Gasteiger partial charge on any atom is 0.417 e. The Morgan fingerprint density at radius 2 is 1.85 bits per heavy atom. The molecule has 2 aromatic heterocycles. The highest BCUT2D eigenvalue weighted by Gasteiger charge is 2.56. The minimum Gasteiger partial charge on any atom is -0.495 e. The molecule has 2 N–H and O–H groups in total. The first kappa shape index (κ1) is 23.7. The molecule has 3 aromatic rings. The second-order valence-electron chi connectivity index (χ2n) is 9.27. The lowest BCUT2D eigenvalue weighted by Gasteiger charge is -2.35. The van der Waals surface area contributed by atoms with Gasteiger partial charge in [-0.1, -0.05) is 11.6 Å². The first-order valence-corrected chi connectivity index (χ1v) is 11.1. The van der Waals surface area contributed by atoms with Gasteiger partial charge in [0.2, 0.25) is 11.9 Å². The third-order valence-corrected chi connectivity index (χ3v) is 6.75. The molecule has 11 heteroatoms. The number of pyridine rings is 1. The largest absolute Gasteiger partial charge is 0.495 e. The maximum absolute atomic E-state index is 12.8. The van der Waals surface area contributed by atoms with Gasteiger partial charge in [-0.25, -0.2) is 9.69 Å². The van der Waals surface area contributed by atoms with Crippen molar-refractivity contribution < 1.29 is 14.3 Å². The number of nitrogens with one attached hydrogen (secondary N) is 2. The summed E-state index contributed by atoms with van der Waals surface area (Å²) in [5, 5.41) is 4.34. The Kier molecular flexibility index (Phi) is 5.67. The molecule has 1 amide bonds. The minimum absolute atomic E-state index is 0.175. The van der Waals surface area contributed by atoms with Crippen LogP contribution in [0.25, 0.3) is 10.9 Å². The number of aromatic amines is 1. The second kappa shape index (κ2) is 8.12. The molecule has 0 saturated carbocycles. The quantitative estimate of drug-likeness (QED) is 0.545. The average molecular weight is 487 g/mol. The van der Waals surface area contributed by atoms with Crippen LogP contribution >= 0.6 is 11.6 Å². The molecule has 1 aliphatic rings. The van der Waals surface area contributed by atoms with E-state index in [9.17, 15) is 9.59 Å². The van der Waals surface area contributed by atoms with E-state index in [0.717, 1.165) is 5.39 Å². The number of cyclic esters (lactones) is 1. The topological polar surface area (TPSA) is 122 Å². The smallest absolute Gasteiger partial charge is 0.417 e. The molecule has 0 aliphatic carbocycles. The lowest BCUT2D eigenvalue weighted by atomic mass is 9.86. The van der Waals surface area contributed by atoms with Gasteiger partial charge in [0.05, 0.1) is 29.2 Å². The lowest BCUT2D eigenvalue weighted by molar-refractivity contribution is 0.0458. The Balaban J connectivity index is 1.68. The van der Waals surface area contributed by atoms with Gasteiger partial charge in [-0.15, -0.1) is 0 Å². The number of benzene rings is 1.